The first-order valence-electron chi connectivity index (χ1n) is 10.8. The largest absolute Gasteiger partial charge is 0.445 e. The zero-order chi connectivity index (χ0) is 23.8. The van der Waals surface area contributed by atoms with Crippen molar-refractivity contribution in [2.75, 3.05) is 6.54 Å². The minimum atomic E-state index is -1.07. The first-order valence-corrected chi connectivity index (χ1v) is 10.8. The SMILES string of the molecule is CC(C)C(NC(=O)OCc1ccccc1)C(=O)NC1CCc2ncnn2CCNC(=O)C1=O. The third kappa shape index (κ3) is 6.61. The molecule has 2 heterocycles. The van der Waals surface area contributed by atoms with Crippen molar-refractivity contribution in [2.24, 2.45) is 5.92 Å². The van der Waals surface area contributed by atoms with Crippen LogP contribution in [0.15, 0.2) is 36.7 Å². The number of Topliss-reactive ketones (excluding diaryl/α,β-unsaturated/α-hetero) is 1. The maximum absolute atomic E-state index is 13.0. The monoisotopic (exact) mass is 456 g/mol. The number of aromatic nitrogens is 3. The second kappa shape index (κ2) is 11.2. The molecule has 0 spiro atoms. The van der Waals surface area contributed by atoms with Crippen molar-refractivity contribution in [1.29, 1.82) is 0 Å². The molecule has 176 valence electrons. The van der Waals surface area contributed by atoms with Gasteiger partial charge in [-0.1, -0.05) is 44.2 Å². The number of fused-ring (bicyclic) bond motifs is 1. The van der Waals surface area contributed by atoms with Crippen LogP contribution in [0.4, 0.5) is 4.79 Å². The maximum atomic E-state index is 13.0. The van der Waals surface area contributed by atoms with Gasteiger partial charge in [-0.25, -0.2) is 14.5 Å². The van der Waals surface area contributed by atoms with E-state index < -0.39 is 35.8 Å². The number of hydrogen-bond donors (Lipinski definition) is 3. The minimum absolute atomic E-state index is 0.0566. The molecule has 3 amide bonds. The third-order valence-electron chi connectivity index (χ3n) is 5.25. The van der Waals surface area contributed by atoms with Crippen molar-refractivity contribution in [3.8, 4) is 0 Å². The summed E-state index contributed by atoms with van der Waals surface area (Å²) in [6.07, 6.45) is 1.17. The van der Waals surface area contributed by atoms with E-state index >= 15 is 0 Å². The number of ketones is 1. The highest BCUT2D eigenvalue weighted by molar-refractivity contribution is 6.38. The van der Waals surface area contributed by atoms with Crippen molar-refractivity contribution < 1.29 is 23.9 Å². The number of benzene rings is 1. The molecule has 1 aromatic heterocycles. The summed E-state index contributed by atoms with van der Waals surface area (Å²) < 4.78 is 6.85. The molecular weight excluding hydrogens is 428 g/mol. The van der Waals surface area contributed by atoms with Gasteiger partial charge < -0.3 is 20.7 Å². The highest BCUT2D eigenvalue weighted by Gasteiger charge is 2.32. The number of aryl methyl sites for hydroxylation is 1. The summed E-state index contributed by atoms with van der Waals surface area (Å²) in [6, 6.07) is 7.12. The lowest BCUT2D eigenvalue weighted by Crippen LogP contribution is -2.55. The number of nitrogens with one attached hydrogen (secondary N) is 3. The Labute approximate surface area is 191 Å². The summed E-state index contributed by atoms with van der Waals surface area (Å²) in [4.78, 5) is 54.3. The summed E-state index contributed by atoms with van der Waals surface area (Å²) >= 11 is 0. The van der Waals surface area contributed by atoms with Gasteiger partial charge in [0.2, 0.25) is 11.7 Å². The Bertz CT molecular complexity index is 990. The molecule has 2 aromatic rings. The molecule has 33 heavy (non-hydrogen) atoms. The van der Waals surface area contributed by atoms with Gasteiger partial charge in [0.15, 0.2) is 0 Å². The molecule has 3 rings (SSSR count). The quantitative estimate of drug-likeness (QED) is 0.532. The van der Waals surface area contributed by atoms with Crippen LogP contribution in [0, 0.1) is 5.92 Å². The van der Waals surface area contributed by atoms with Crippen molar-refractivity contribution in [1.82, 2.24) is 30.7 Å². The average Bonchev–Trinajstić information content (AvgIpc) is 3.25. The van der Waals surface area contributed by atoms with Crippen LogP contribution < -0.4 is 16.0 Å². The van der Waals surface area contributed by atoms with E-state index in [0.29, 0.717) is 18.8 Å². The number of amides is 3. The first kappa shape index (κ1) is 23.9. The van der Waals surface area contributed by atoms with Gasteiger partial charge >= 0.3 is 6.09 Å². The molecule has 1 aliphatic rings. The molecule has 3 N–H and O–H groups in total. The van der Waals surface area contributed by atoms with E-state index in [0.717, 1.165) is 5.56 Å². The zero-order valence-electron chi connectivity index (χ0n) is 18.6. The van der Waals surface area contributed by atoms with Gasteiger partial charge in [0, 0.05) is 13.0 Å². The summed E-state index contributed by atoms with van der Waals surface area (Å²) in [6.45, 7) is 4.18. The highest BCUT2D eigenvalue weighted by atomic mass is 16.5. The normalized spacial score (nSPS) is 17.5. The number of rotatable bonds is 6. The second-order valence-electron chi connectivity index (χ2n) is 8.05. The number of nitrogens with zero attached hydrogens (tertiary/aromatic N) is 3. The zero-order valence-corrected chi connectivity index (χ0v) is 18.6. The van der Waals surface area contributed by atoms with E-state index in [1.54, 1.807) is 18.5 Å². The van der Waals surface area contributed by atoms with Gasteiger partial charge in [-0.3, -0.25) is 14.4 Å². The highest BCUT2D eigenvalue weighted by Crippen LogP contribution is 2.09. The van der Waals surface area contributed by atoms with E-state index in [1.165, 1.54) is 6.33 Å². The smallest absolute Gasteiger partial charge is 0.408 e. The van der Waals surface area contributed by atoms with E-state index in [-0.39, 0.29) is 25.5 Å². The molecule has 1 aromatic carbocycles. The van der Waals surface area contributed by atoms with Crippen LogP contribution in [-0.2, 0) is 38.7 Å². The average molecular weight is 457 g/mol. The van der Waals surface area contributed by atoms with E-state index in [2.05, 4.69) is 26.0 Å². The first-order chi connectivity index (χ1) is 15.8. The molecular formula is C22H28N6O5. The topological polar surface area (TPSA) is 144 Å². The lowest BCUT2D eigenvalue weighted by molar-refractivity contribution is -0.140. The third-order valence-corrected chi connectivity index (χ3v) is 5.25. The Balaban J connectivity index is 1.64. The lowest BCUT2D eigenvalue weighted by Gasteiger charge is -2.25. The molecule has 1 aliphatic heterocycles. The van der Waals surface area contributed by atoms with Crippen LogP contribution in [0.5, 0.6) is 0 Å². The second-order valence-corrected chi connectivity index (χ2v) is 8.05. The standard InChI is InChI=1S/C22H28N6O5/c1-14(2)18(27-22(32)33-12-15-6-4-3-5-7-15)20(30)26-16-8-9-17-24-13-25-28(17)11-10-23-21(31)19(16)29/h3-7,13-14,16,18H,8-12H2,1-2H3,(H,23,31)(H,26,30)(H,27,32). The Morgan fingerprint density at radius 1 is 1.24 bits per heavy atom. The molecule has 0 bridgehead atoms. The molecule has 0 saturated carbocycles. The maximum Gasteiger partial charge on any atom is 0.408 e. The van der Waals surface area contributed by atoms with E-state index in [9.17, 15) is 19.2 Å². The van der Waals surface area contributed by atoms with Gasteiger partial charge in [0.05, 0.1) is 12.6 Å². The number of carbonyl (C=O) groups is 4. The van der Waals surface area contributed by atoms with E-state index in [4.69, 9.17) is 4.74 Å². The Kier molecular flexibility index (Phi) is 8.11. The van der Waals surface area contributed by atoms with Crippen LogP contribution in [-0.4, -0.2) is 57.1 Å². The lowest BCUT2D eigenvalue weighted by atomic mass is 10.0. The predicted octanol–water partition coefficient (Wildman–Crippen LogP) is 0.345. The molecule has 0 fully saturated rings. The number of ether oxygens (including phenoxy) is 1. The van der Waals surface area contributed by atoms with Gasteiger partial charge in [-0.2, -0.15) is 5.10 Å². The van der Waals surface area contributed by atoms with Crippen molar-refractivity contribution in [2.45, 2.75) is 51.9 Å². The van der Waals surface area contributed by atoms with Crippen LogP contribution in [0.1, 0.15) is 31.7 Å². The summed E-state index contributed by atoms with van der Waals surface area (Å²) in [5.41, 5.74) is 0.809. The molecule has 2 atom stereocenters. The fourth-order valence-corrected chi connectivity index (χ4v) is 3.42. The van der Waals surface area contributed by atoms with E-state index in [1.807, 2.05) is 30.3 Å². The number of alkyl carbamates (subject to hydrolysis) is 1. The summed E-state index contributed by atoms with van der Waals surface area (Å²) in [5.74, 6) is -1.74. The Morgan fingerprint density at radius 3 is 2.73 bits per heavy atom. The molecule has 11 heteroatoms. The predicted molar refractivity (Wildman–Crippen MR) is 117 cm³/mol. The van der Waals surface area contributed by atoms with Crippen LogP contribution >= 0.6 is 0 Å². The van der Waals surface area contributed by atoms with Gasteiger partial charge in [0.1, 0.15) is 24.8 Å². The van der Waals surface area contributed by atoms with Gasteiger partial charge in [-0.15, -0.1) is 0 Å². The Morgan fingerprint density at radius 2 is 2.00 bits per heavy atom. The van der Waals surface area contributed by atoms with Crippen LogP contribution in [0.3, 0.4) is 0 Å². The fraction of sp³-hybridized carbons (Fsp3) is 0.455. The van der Waals surface area contributed by atoms with Gasteiger partial charge in [-0.05, 0) is 17.9 Å². The summed E-state index contributed by atoms with van der Waals surface area (Å²) in [5, 5.41) is 11.8. The van der Waals surface area contributed by atoms with Crippen LogP contribution in [0.2, 0.25) is 0 Å². The molecule has 0 radical (unpaired) electrons. The van der Waals surface area contributed by atoms with Crippen molar-refractivity contribution >= 4 is 23.7 Å². The minimum Gasteiger partial charge on any atom is -0.445 e. The number of carbonyl (C=O) groups excluding carboxylic acids is 4. The molecule has 11 nitrogen and oxygen atoms in total. The Hall–Kier alpha value is -3.76. The summed E-state index contributed by atoms with van der Waals surface area (Å²) in [7, 11) is 0. The van der Waals surface area contributed by atoms with Crippen molar-refractivity contribution in [3.05, 3.63) is 48.0 Å². The number of hydrogen-bond acceptors (Lipinski definition) is 7. The molecule has 2 unspecified atom stereocenters. The fourth-order valence-electron chi connectivity index (χ4n) is 3.42. The van der Waals surface area contributed by atoms with Gasteiger partial charge in [0.25, 0.3) is 5.91 Å². The van der Waals surface area contributed by atoms with Crippen LogP contribution in [0.25, 0.3) is 0 Å². The van der Waals surface area contributed by atoms with Crippen molar-refractivity contribution in [3.63, 3.8) is 0 Å². The molecule has 0 saturated heterocycles. The molecule has 0 aliphatic carbocycles.